The Hall–Kier alpha value is -2.21. The quantitative estimate of drug-likeness (QED) is 0.812. The van der Waals surface area contributed by atoms with Gasteiger partial charge in [-0.25, -0.2) is 0 Å². The van der Waals surface area contributed by atoms with Gasteiger partial charge < -0.3 is 9.84 Å². The molecule has 1 N–H and O–H groups in total. The van der Waals surface area contributed by atoms with Crippen LogP contribution in [0.25, 0.3) is 11.4 Å². The Labute approximate surface area is 110 Å². The molecule has 2 aromatic rings. The van der Waals surface area contributed by atoms with Crippen molar-refractivity contribution < 1.29 is 14.6 Å². The van der Waals surface area contributed by atoms with Gasteiger partial charge in [-0.05, 0) is 12.1 Å². The number of aryl methyl sites for hydroxylation is 1. The number of aliphatic hydroxyl groups excluding tert-OH is 1. The molecule has 0 aliphatic rings. The van der Waals surface area contributed by atoms with E-state index in [1.54, 1.807) is 35.3 Å². The minimum atomic E-state index is -0.272. The van der Waals surface area contributed by atoms with Gasteiger partial charge in [0.25, 0.3) is 0 Å². The number of pyridine rings is 1. The molecule has 0 atom stereocenters. The van der Waals surface area contributed by atoms with Gasteiger partial charge in [0.15, 0.2) is 0 Å². The molecule has 6 nitrogen and oxygen atoms in total. The Morgan fingerprint density at radius 1 is 1.47 bits per heavy atom. The van der Waals surface area contributed by atoms with E-state index in [4.69, 9.17) is 0 Å². The van der Waals surface area contributed by atoms with Crippen molar-refractivity contribution in [2.24, 2.45) is 0 Å². The number of hydrogen-bond donors (Lipinski definition) is 1. The van der Waals surface area contributed by atoms with Gasteiger partial charge in [-0.3, -0.25) is 14.5 Å². The molecule has 19 heavy (non-hydrogen) atoms. The van der Waals surface area contributed by atoms with Gasteiger partial charge in [0.1, 0.15) is 5.69 Å². The fourth-order valence-electron chi connectivity index (χ4n) is 1.72. The Bertz CT molecular complexity index is 566. The van der Waals surface area contributed by atoms with Crippen LogP contribution in [-0.4, -0.2) is 33.0 Å². The first kappa shape index (κ1) is 13.2. The van der Waals surface area contributed by atoms with Gasteiger partial charge in [-0.15, -0.1) is 0 Å². The third kappa shape index (κ3) is 3.17. The van der Waals surface area contributed by atoms with Gasteiger partial charge in [0, 0.05) is 18.0 Å². The van der Waals surface area contributed by atoms with E-state index in [1.807, 2.05) is 0 Å². The number of aliphatic hydroxyl groups is 1. The van der Waals surface area contributed by atoms with E-state index in [2.05, 4.69) is 14.8 Å². The van der Waals surface area contributed by atoms with Crippen LogP contribution in [-0.2, 0) is 22.7 Å². The molecule has 2 aromatic heterocycles. The van der Waals surface area contributed by atoms with Gasteiger partial charge in [-0.1, -0.05) is 6.07 Å². The molecule has 100 valence electrons. The smallest absolute Gasteiger partial charge is 0.307 e. The van der Waals surface area contributed by atoms with Crippen LogP contribution >= 0.6 is 0 Å². The average Bonchev–Trinajstić information content (AvgIpc) is 2.93. The second-order valence-corrected chi connectivity index (χ2v) is 3.96. The highest BCUT2D eigenvalue weighted by molar-refractivity contribution is 5.69. The molecular formula is C13H15N3O3. The van der Waals surface area contributed by atoms with Crippen molar-refractivity contribution in [1.82, 2.24) is 14.8 Å². The highest BCUT2D eigenvalue weighted by atomic mass is 16.5. The summed E-state index contributed by atoms with van der Waals surface area (Å²) in [4.78, 5) is 15.3. The van der Waals surface area contributed by atoms with Crippen LogP contribution in [0.15, 0.2) is 30.6 Å². The summed E-state index contributed by atoms with van der Waals surface area (Å²) < 4.78 is 6.23. The van der Waals surface area contributed by atoms with E-state index in [1.165, 1.54) is 7.11 Å². The molecule has 6 heteroatoms. The lowest BCUT2D eigenvalue weighted by atomic mass is 10.1. The van der Waals surface area contributed by atoms with E-state index in [-0.39, 0.29) is 19.0 Å². The fourth-order valence-corrected chi connectivity index (χ4v) is 1.72. The maximum Gasteiger partial charge on any atom is 0.307 e. The second-order valence-electron chi connectivity index (χ2n) is 3.96. The SMILES string of the molecule is COC(=O)CCn1ccc(-c2ncccc2CO)n1. The Kier molecular flexibility index (Phi) is 4.25. The molecule has 2 rings (SSSR count). The van der Waals surface area contributed by atoms with E-state index in [9.17, 15) is 9.90 Å². The van der Waals surface area contributed by atoms with Gasteiger partial charge in [0.2, 0.25) is 0 Å². The van der Waals surface area contributed by atoms with Crippen molar-refractivity contribution in [2.45, 2.75) is 19.6 Å². The van der Waals surface area contributed by atoms with Crippen LogP contribution in [0.2, 0.25) is 0 Å². The summed E-state index contributed by atoms with van der Waals surface area (Å²) in [5.41, 5.74) is 2.05. The molecule has 0 aliphatic heterocycles. The van der Waals surface area contributed by atoms with Crippen molar-refractivity contribution in [2.75, 3.05) is 7.11 Å². The molecule has 0 spiro atoms. The summed E-state index contributed by atoms with van der Waals surface area (Å²) in [6.45, 7) is 0.367. The second kappa shape index (κ2) is 6.10. The van der Waals surface area contributed by atoms with Crippen molar-refractivity contribution >= 4 is 5.97 Å². The topological polar surface area (TPSA) is 77.2 Å². The number of nitrogens with zero attached hydrogens (tertiary/aromatic N) is 3. The Balaban J connectivity index is 2.14. The van der Waals surface area contributed by atoms with E-state index in [0.717, 1.165) is 5.56 Å². The highest BCUT2D eigenvalue weighted by Gasteiger charge is 2.09. The van der Waals surface area contributed by atoms with Gasteiger partial charge in [0.05, 0.1) is 32.4 Å². The number of methoxy groups -OCH3 is 1. The molecule has 0 saturated heterocycles. The summed E-state index contributed by atoms with van der Waals surface area (Å²) in [5, 5.41) is 13.6. The standard InChI is InChI=1S/C13H15N3O3/c1-19-12(18)5-8-16-7-4-11(15-16)13-10(9-17)3-2-6-14-13/h2-4,6-7,17H,5,8-9H2,1H3. The molecule has 0 unspecified atom stereocenters. The van der Waals surface area contributed by atoms with Crippen LogP contribution in [0.1, 0.15) is 12.0 Å². The molecule has 0 fully saturated rings. The lowest BCUT2D eigenvalue weighted by Gasteiger charge is -2.03. The first-order valence-corrected chi connectivity index (χ1v) is 5.90. The predicted molar refractivity (Wildman–Crippen MR) is 68.0 cm³/mol. The van der Waals surface area contributed by atoms with Crippen molar-refractivity contribution in [3.05, 3.63) is 36.2 Å². The van der Waals surface area contributed by atoms with Crippen LogP contribution in [0.3, 0.4) is 0 Å². The third-order valence-electron chi connectivity index (χ3n) is 2.72. The Morgan fingerprint density at radius 3 is 3.05 bits per heavy atom. The zero-order valence-electron chi connectivity index (χ0n) is 10.6. The molecule has 0 saturated carbocycles. The first-order chi connectivity index (χ1) is 9.24. The summed E-state index contributed by atoms with van der Waals surface area (Å²) in [6.07, 6.45) is 3.70. The number of carbonyl (C=O) groups excluding carboxylic acids is 1. The van der Waals surface area contributed by atoms with E-state index < -0.39 is 0 Å². The zero-order chi connectivity index (χ0) is 13.7. The minimum absolute atomic E-state index is 0.0851. The number of hydrogen-bond acceptors (Lipinski definition) is 5. The van der Waals surface area contributed by atoms with Crippen LogP contribution in [0, 0.1) is 0 Å². The third-order valence-corrected chi connectivity index (χ3v) is 2.72. The van der Waals surface area contributed by atoms with Crippen molar-refractivity contribution in [1.29, 1.82) is 0 Å². The monoisotopic (exact) mass is 261 g/mol. The number of ether oxygens (including phenoxy) is 1. The minimum Gasteiger partial charge on any atom is -0.469 e. The average molecular weight is 261 g/mol. The normalized spacial score (nSPS) is 10.4. The van der Waals surface area contributed by atoms with Crippen LogP contribution in [0.4, 0.5) is 0 Å². The number of aromatic nitrogens is 3. The summed E-state index contributed by atoms with van der Waals surface area (Å²) in [6, 6.07) is 5.37. The molecule has 0 bridgehead atoms. The summed E-state index contributed by atoms with van der Waals surface area (Å²) in [5.74, 6) is -0.272. The van der Waals surface area contributed by atoms with Crippen molar-refractivity contribution in [3.63, 3.8) is 0 Å². The lowest BCUT2D eigenvalue weighted by molar-refractivity contribution is -0.140. The largest absolute Gasteiger partial charge is 0.469 e. The number of carbonyl (C=O) groups is 1. The van der Waals surface area contributed by atoms with Gasteiger partial charge >= 0.3 is 5.97 Å². The molecule has 0 radical (unpaired) electrons. The number of esters is 1. The lowest BCUT2D eigenvalue weighted by Crippen LogP contribution is -2.07. The fraction of sp³-hybridized carbons (Fsp3) is 0.308. The van der Waals surface area contributed by atoms with E-state index >= 15 is 0 Å². The molecule has 0 aliphatic carbocycles. The van der Waals surface area contributed by atoms with Crippen LogP contribution < -0.4 is 0 Å². The van der Waals surface area contributed by atoms with Gasteiger partial charge in [-0.2, -0.15) is 5.10 Å². The first-order valence-electron chi connectivity index (χ1n) is 5.90. The van der Waals surface area contributed by atoms with Crippen molar-refractivity contribution in [3.8, 4) is 11.4 Å². The molecule has 2 heterocycles. The Morgan fingerprint density at radius 2 is 2.32 bits per heavy atom. The maximum atomic E-state index is 11.1. The summed E-state index contributed by atoms with van der Waals surface area (Å²) >= 11 is 0. The predicted octanol–water partition coefficient (Wildman–Crippen LogP) is 1.00. The van der Waals surface area contributed by atoms with E-state index in [0.29, 0.717) is 17.9 Å². The molecule has 0 amide bonds. The summed E-state index contributed by atoms with van der Waals surface area (Å²) in [7, 11) is 1.36. The maximum absolute atomic E-state index is 11.1. The molecular weight excluding hydrogens is 246 g/mol. The van der Waals surface area contributed by atoms with Crippen LogP contribution in [0.5, 0.6) is 0 Å². The zero-order valence-corrected chi connectivity index (χ0v) is 10.6. The number of rotatable bonds is 5. The highest BCUT2D eigenvalue weighted by Crippen LogP contribution is 2.18. The molecule has 0 aromatic carbocycles.